The first-order valence-electron chi connectivity index (χ1n) is 3.90. The van der Waals surface area contributed by atoms with Crippen LogP contribution in [-0.2, 0) is 0 Å². The van der Waals surface area contributed by atoms with E-state index in [-0.39, 0.29) is 17.8 Å². The molecule has 14 heavy (non-hydrogen) atoms. The van der Waals surface area contributed by atoms with Crippen molar-refractivity contribution in [3.8, 4) is 11.8 Å². The number of hydrogen-bond acceptors (Lipinski definition) is 3. The van der Waals surface area contributed by atoms with Crippen LogP contribution in [0.25, 0.3) is 5.65 Å². The molecule has 0 bridgehead atoms. The third-order valence-electron chi connectivity index (χ3n) is 1.71. The summed E-state index contributed by atoms with van der Waals surface area (Å²) in [5.74, 6) is 4.34. The number of nitrogens with zero attached hydrogens (tertiary/aromatic N) is 3. The summed E-state index contributed by atoms with van der Waals surface area (Å²) >= 11 is 0. The van der Waals surface area contributed by atoms with Gasteiger partial charge in [-0.15, -0.1) is 10.2 Å². The molecular formula is C9H6FN3O. The molecule has 5 heteroatoms. The van der Waals surface area contributed by atoms with Crippen LogP contribution >= 0.6 is 0 Å². The number of halogens is 1. The Bertz CT molecular complexity index is 524. The van der Waals surface area contributed by atoms with Crippen molar-refractivity contribution in [3.05, 3.63) is 30.0 Å². The standard InChI is InChI=1S/C9H6FN3O/c10-8-7(2-1-5-14)3-4-13-6-11-12-9(8)13/h3-4,6,14H,5H2. The molecule has 0 saturated heterocycles. The summed E-state index contributed by atoms with van der Waals surface area (Å²) in [6, 6.07) is 1.51. The zero-order valence-corrected chi connectivity index (χ0v) is 7.11. The zero-order chi connectivity index (χ0) is 9.97. The van der Waals surface area contributed by atoms with Crippen LogP contribution in [-0.4, -0.2) is 26.3 Å². The molecule has 0 aliphatic carbocycles. The SMILES string of the molecule is OCC#Cc1ccn2cnnc2c1F. The lowest BCUT2D eigenvalue weighted by Gasteiger charge is -1.95. The summed E-state index contributed by atoms with van der Waals surface area (Å²) in [6.45, 7) is -0.294. The monoisotopic (exact) mass is 191 g/mol. The molecule has 0 saturated carbocycles. The van der Waals surface area contributed by atoms with Crippen LogP contribution in [0.5, 0.6) is 0 Å². The molecule has 0 aliphatic rings. The fourth-order valence-corrected chi connectivity index (χ4v) is 1.09. The van der Waals surface area contributed by atoms with Gasteiger partial charge in [0.25, 0.3) is 0 Å². The fraction of sp³-hybridized carbons (Fsp3) is 0.111. The van der Waals surface area contributed by atoms with Gasteiger partial charge in [-0.25, -0.2) is 4.39 Å². The van der Waals surface area contributed by atoms with Gasteiger partial charge in [0.15, 0.2) is 11.5 Å². The van der Waals surface area contributed by atoms with Crippen LogP contribution in [0, 0.1) is 17.7 Å². The Morgan fingerprint density at radius 2 is 2.43 bits per heavy atom. The molecule has 0 fully saturated rings. The number of aromatic nitrogens is 3. The minimum Gasteiger partial charge on any atom is -0.384 e. The van der Waals surface area contributed by atoms with Crippen LogP contribution in [0.3, 0.4) is 0 Å². The van der Waals surface area contributed by atoms with Crippen molar-refractivity contribution >= 4 is 5.65 Å². The molecule has 0 atom stereocenters. The van der Waals surface area contributed by atoms with E-state index in [4.69, 9.17) is 5.11 Å². The summed E-state index contributed by atoms with van der Waals surface area (Å²) in [6.07, 6.45) is 3.02. The van der Waals surface area contributed by atoms with Crippen LogP contribution in [0.4, 0.5) is 4.39 Å². The lowest BCUT2D eigenvalue weighted by Crippen LogP contribution is -1.92. The molecule has 4 nitrogen and oxygen atoms in total. The number of rotatable bonds is 0. The van der Waals surface area contributed by atoms with Gasteiger partial charge in [0.2, 0.25) is 0 Å². The summed E-state index contributed by atoms with van der Waals surface area (Å²) in [5.41, 5.74) is 0.342. The molecule has 0 amide bonds. The molecule has 2 rings (SSSR count). The Labute approximate surface area is 79.0 Å². The van der Waals surface area contributed by atoms with Gasteiger partial charge in [-0.05, 0) is 6.07 Å². The topological polar surface area (TPSA) is 50.4 Å². The van der Waals surface area contributed by atoms with E-state index in [9.17, 15) is 4.39 Å². The van der Waals surface area contributed by atoms with Gasteiger partial charge in [-0.2, -0.15) is 0 Å². The van der Waals surface area contributed by atoms with E-state index in [1.54, 1.807) is 6.20 Å². The second kappa shape index (κ2) is 3.44. The second-order valence-corrected chi connectivity index (χ2v) is 2.57. The Hall–Kier alpha value is -1.93. The van der Waals surface area contributed by atoms with Crippen LogP contribution in [0.2, 0.25) is 0 Å². The van der Waals surface area contributed by atoms with E-state index < -0.39 is 5.82 Å². The predicted octanol–water partition coefficient (Wildman–Crippen LogP) is 0.212. The first-order valence-corrected chi connectivity index (χ1v) is 3.90. The van der Waals surface area contributed by atoms with Crippen LogP contribution in [0.1, 0.15) is 5.56 Å². The van der Waals surface area contributed by atoms with E-state index in [1.807, 2.05) is 0 Å². The summed E-state index contributed by atoms with van der Waals surface area (Å²) in [5, 5.41) is 15.6. The van der Waals surface area contributed by atoms with Gasteiger partial charge < -0.3 is 5.11 Å². The van der Waals surface area contributed by atoms with Crippen molar-refractivity contribution < 1.29 is 9.50 Å². The molecule has 0 radical (unpaired) electrons. The first kappa shape index (κ1) is 8.66. The Morgan fingerprint density at radius 1 is 1.57 bits per heavy atom. The molecule has 0 unspecified atom stereocenters. The first-order chi connectivity index (χ1) is 6.83. The average Bonchev–Trinajstić information content (AvgIpc) is 2.66. The highest BCUT2D eigenvalue weighted by atomic mass is 19.1. The number of aliphatic hydroxyl groups excluding tert-OH is 1. The maximum Gasteiger partial charge on any atom is 0.198 e. The smallest absolute Gasteiger partial charge is 0.198 e. The van der Waals surface area contributed by atoms with Crippen molar-refractivity contribution in [2.45, 2.75) is 0 Å². The Morgan fingerprint density at radius 3 is 3.21 bits per heavy atom. The second-order valence-electron chi connectivity index (χ2n) is 2.57. The molecule has 2 aromatic rings. The van der Waals surface area contributed by atoms with E-state index in [0.717, 1.165) is 0 Å². The van der Waals surface area contributed by atoms with Crippen molar-refractivity contribution in [2.24, 2.45) is 0 Å². The average molecular weight is 191 g/mol. The molecule has 2 heterocycles. The molecule has 0 spiro atoms. The Balaban J connectivity index is 2.62. The number of aliphatic hydroxyl groups is 1. The van der Waals surface area contributed by atoms with Crippen LogP contribution in [0.15, 0.2) is 18.6 Å². The van der Waals surface area contributed by atoms with Crippen LogP contribution < -0.4 is 0 Å². The van der Waals surface area contributed by atoms with Gasteiger partial charge in [-0.1, -0.05) is 11.8 Å². The molecule has 1 N–H and O–H groups in total. The van der Waals surface area contributed by atoms with E-state index in [2.05, 4.69) is 22.0 Å². The zero-order valence-electron chi connectivity index (χ0n) is 7.11. The third kappa shape index (κ3) is 1.32. The molecule has 0 aliphatic heterocycles. The van der Waals surface area contributed by atoms with Gasteiger partial charge in [0, 0.05) is 6.20 Å². The lowest BCUT2D eigenvalue weighted by molar-refractivity contribution is 0.350. The maximum absolute atomic E-state index is 13.5. The van der Waals surface area contributed by atoms with Crippen molar-refractivity contribution in [3.63, 3.8) is 0 Å². The third-order valence-corrected chi connectivity index (χ3v) is 1.71. The Kier molecular flexibility index (Phi) is 2.13. The minimum atomic E-state index is -0.522. The van der Waals surface area contributed by atoms with Gasteiger partial charge in [-0.3, -0.25) is 4.40 Å². The van der Waals surface area contributed by atoms with Gasteiger partial charge >= 0.3 is 0 Å². The maximum atomic E-state index is 13.5. The minimum absolute atomic E-state index is 0.134. The highest BCUT2D eigenvalue weighted by Crippen LogP contribution is 2.10. The van der Waals surface area contributed by atoms with E-state index in [1.165, 1.54) is 16.8 Å². The number of pyridine rings is 1. The van der Waals surface area contributed by atoms with Gasteiger partial charge in [0.05, 0.1) is 5.56 Å². The van der Waals surface area contributed by atoms with Gasteiger partial charge in [0.1, 0.15) is 12.9 Å². The van der Waals surface area contributed by atoms with Crippen molar-refractivity contribution in [1.82, 2.24) is 14.6 Å². The molecule has 70 valence electrons. The van der Waals surface area contributed by atoms with Crippen molar-refractivity contribution in [2.75, 3.05) is 6.61 Å². The normalized spacial score (nSPS) is 9.86. The van der Waals surface area contributed by atoms with Crippen molar-refractivity contribution in [1.29, 1.82) is 0 Å². The largest absolute Gasteiger partial charge is 0.384 e. The molecule has 2 aromatic heterocycles. The summed E-state index contributed by atoms with van der Waals surface area (Å²) in [7, 11) is 0. The van der Waals surface area contributed by atoms with E-state index >= 15 is 0 Å². The fourth-order valence-electron chi connectivity index (χ4n) is 1.09. The highest BCUT2D eigenvalue weighted by molar-refractivity contribution is 5.48. The summed E-state index contributed by atoms with van der Waals surface area (Å²) < 4.78 is 15.0. The highest BCUT2D eigenvalue weighted by Gasteiger charge is 2.06. The lowest BCUT2D eigenvalue weighted by atomic mass is 10.2. The summed E-state index contributed by atoms with van der Waals surface area (Å²) in [4.78, 5) is 0. The molecular weight excluding hydrogens is 185 g/mol. The number of fused-ring (bicyclic) bond motifs is 1. The number of hydrogen-bond donors (Lipinski definition) is 1. The predicted molar refractivity (Wildman–Crippen MR) is 46.9 cm³/mol. The van der Waals surface area contributed by atoms with E-state index in [0.29, 0.717) is 0 Å². The molecule has 0 aromatic carbocycles. The quantitative estimate of drug-likeness (QED) is 0.606.